The van der Waals surface area contributed by atoms with Crippen molar-refractivity contribution in [2.45, 2.75) is 65.1 Å². The van der Waals surface area contributed by atoms with Crippen molar-refractivity contribution in [2.24, 2.45) is 0 Å². The SMILES string of the molecule is COC1CN(C(C)(C)C)C(=O)c2cc(C(C)(C)C)cn2C1. The van der Waals surface area contributed by atoms with Gasteiger partial charge in [0.25, 0.3) is 5.91 Å². The van der Waals surface area contributed by atoms with E-state index in [0.29, 0.717) is 6.54 Å². The van der Waals surface area contributed by atoms with Crippen molar-refractivity contribution in [2.75, 3.05) is 13.7 Å². The standard InChI is InChI=1S/C17H28N2O2/c1-16(2,3)12-8-14-15(20)19(17(4,5)6)11-13(21-7)10-18(14)9-12/h8-9,13H,10-11H2,1-7H3. The molecule has 0 N–H and O–H groups in total. The number of aromatic nitrogens is 1. The lowest BCUT2D eigenvalue weighted by Crippen LogP contribution is -2.48. The van der Waals surface area contributed by atoms with Crippen molar-refractivity contribution in [3.63, 3.8) is 0 Å². The Morgan fingerprint density at radius 3 is 2.24 bits per heavy atom. The molecule has 1 atom stereocenters. The molecule has 0 fully saturated rings. The topological polar surface area (TPSA) is 34.5 Å². The Morgan fingerprint density at radius 2 is 1.76 bits per heavy atom. The van der Waals surface area contributed by atoms with Crippen molar-refractivity contribution in [3.05, 3.63) is 23.5 Å². The number of carbonyl (C=O) groups excluding carboxylic acids is 1. The number of hydrogen-bond donors (Lipinski definition) is 0. The second kappa shape index (κ2) is 5.16. The van der Waals surface area contributed by atoms with Crippen LogP contribution >= 0.6 is 0 Å². The van der Waals surface area contributed by atoms with Gasteiger partial charge in [0.05, 0.1) is 12.6 Å². The summed E-state index contributed by atoms with van der Waals surface area (Å²) >= 11 is 0. The fourth-order valence-electron chi connectivity index (χ4n) is 2.68. The molecule has 2 heterocycles. The normalized spacial score (nSPS) is 20.4. The molecule has 2 rings (SSSR count). The van der Waals surface area contributed by atoms with Crippen LogP contribution in [0.25, 0.3) is 0 Å². The predicted molar refractivity (Wildman–Crippen MR) is 84.7 cm³/mol. The number of methoxy groups -OCH3 is 1. The van der Waals surface area contributed by atoms with Gasteiger partial charge in [0, 0.05) is 25.4 Å². The van der Waals surface area contributed by atoms with E-state index in [1.807, 2.05) is 11.0 Å². The molecule has 1 aromatic rings. The van der Waals surface area contributed by atoms with E-state index in [2.05, 4.69) is 52.3 Å². The Labute approximate surface area is 128 Å². The molecule has 0 bridgehead atoms. The maximum atomic E-state index is 12.9. The Morgan fingerprint density at radius 1 is 1.14 bits per heavy atom. The molecular formula is C17H28N2O2. The summed E-state index contributed by atoms with van der Waals surface area (Å²) in [6, 6.07) is 2.04. The van der Waals surface area contributed by atoms with Gasteiger partial charge in [-0.3, -0.25) is 4.79 Å². The summed E-state index contributed by atoms with van der Waals surface area (Å²) < 4.78 is 7.64. The van der Waals surface area contributed by atoms with E-state index in [1.54, 1.807) is 7.11 Å². The van der Waals surface area contributed by atoms with E-state index < -0.39 is 0 Å². The number of amides is 1. The zero-order valence-electron chi connectivity index (χ0n) is 14.4. The molecule has 1 aliphatic rings. The van der Waals surface area contributed by atoms with Crippen LogP contribution in [0.15, 0.2) is 12.3 Å². The minimum atomic E-state index is -0.213. The van der Waals surface area contributed by atoms with Gasteiger partial charge >= 0.3 is 0 Å². The lowest BCUT2D eigenvalue weighted by atomic mass is 9.89. The van der Waals surface area contributed by atoms with E-state index in [1.165, 1.54) is 5.56 Å². The predicted octanol–water partition coefficient (Wildman–Crippen LogP) is 3.05. The summed E-state index contributed by atoms with van der Waals surface area (Å²) in [5, 5.41) is 0. The van der Waals surface area contributed by atoms with E-state index in [0.717, 1.165) is 12.2 Å². The highest BCUT2D eigenvalue weighted by Crippen LogP contribution is 2.29. The van der Waals surface area contributed by atoms with Crippen molar-refractivity contribution in [1.82, 2.24) is 9.47 Å². The number of ether oxygens (including phenoxy) is 1. The first-order valence-electron chi connectivity index (χ1n) is 7.59. The highest BCUT2D eigenvalue weighted by atomic mass is 16.5. The monoisotopic (exact) mass is 292 g/mol. The van der Waals surface area contributed by atoms with E-state index >= 15 is 0 Å². The van der Waals surface area contributed by atoms with Gasteiger partial charge in [0.1, 0.15) is 5.69 Å². The van der Waals surface area contributed by atoms with Crippen LogP contribution in [0.2, 0.25) is 0 Å². The molecule has 1 unspecified atom stereocenters. The van der Waals surface area contributed by atoms with Gasteiger partial charge in [0.15, 0.2) is 0 Å². The molecule has 0 aliphatic carbocycles. The smallest absolute Gasteiger partial charge is 0.271 e. The van der Waals surface area contributed by atoms with Gasteiger partial charge in [-0.2, -0.15) is 0 Å². The number of carbonyl (C=O) groups is 1. The summed E-state index contributed by atoms with van der Waals surface area (Å²) in [4.78, 5) is 14.9. The van der Waals surface area contributed by atoms with E-state index in [4.69, 9.17) is 4.74 Å². The third kappa shape index (κ3) is 3.15. The zero-order chi connectivity index (χ0) is 16.0. The summed E-state index contributed by atoms with van der Waals surface area (Å²) in [5.41, 5.74) is 1.79. The molecule has 1 aromatic heterocycles. The second-order valence-corrected chi connectivity index (χ2v) is 7.96. The number of nitrogens with zero attached hydrogens (tertiary/aromatic N) is 2. The quantitative estimate of drug-likeness (QED) is 0.797. The summed E-state index contributed by atoms with van der Waals surface area (Å²) in [7, 11) is 1.72. The lowest BCUT2D eigenvalue weighted by Gasteiger charge is -2.36. The van der Waals surface area contributed by atoms with Crippen molar-refractivity contribution < 1.29 is 9.53 Å². The summed E-state index contributed by atoms with van der Waals surface area (Å²) in [6.45, 7) is 14.1. The first kappa shape index (κ1) is 16.1. The zero-order valence-corrected chi connectivity index (χ0v) is 14.4. The first-order valence-corrected chi connectivity index (χ1v) is 7.59. The van der Waals surface area contributed by atoms with E-state index in [-0.39, 0.29) is 23.0 Å². The van der Waals surface area contributed by atoms with Gasteiger partial charge in [-0.1, -0.05) is 20.8 Å². The minimum Gasteiger partial charge on any atom is -0.378 e. The number of hydrogen-bond acceptors (Lipinski definition) is 2. The van der Waals surface area contributed by atoms with Crippen LogP contribution in [0.3, 0.4) is 0 Å². The fraction of sp³-hybridized carbons (Fsp3) is 0.706. The molecule has 1 aliphatic heterocycles. The Bertz CT molecular complexity index is 532. The average Bonchev–Trinajstić information content (AvgIpc) is 2.70. The third-order valence-electron chi connectivity index (χ3n) is 4.16. The number of fused-ring (bicyclic) bond motifs is 1. The maximum absolute atomic E-state index is 12.9. The third-order valence-corrected chi connectivity index (χ3v) is 4.16. The van der Waals surface area contributed by atoms with Gasteiger partial charge in [-0.05, 0) is 37.8 Å². The van der Waals surface area contributed by atoms with Crippen LogP contribution < -0.4 is 0 Å². The van der Waals surface area contributed by atoms with Crippen LogP contribution in [-0.4, -0.2) is 40.7 Å². The van der Waals surface area contributed by atoms with Gasteiger partial charge < -0.3 is 14.2 Å². The van der Waals surface area contributed by atoms with Crippen molar-refractivity contribution in [3.8, 4) is 0 Å². The summed E-state index contributed by atoms with van der Waals surface area (Å²) in [5.74, 6) is 0.0950. The van der Waals surface area contributed by atoms with Gasteiger partial charge in [-0.25, -0.2) is 0 Å². The van der Waals surface area contributed by atoms with Crippen molar-refractivity contribution in [1.29, 1.82) is 0 Å². The highest BCUT2D eigenvalue weighted by molar-refractivity contribution is 5.94. The molecule has 118 valence electrons. The average molecular weight is 292 g/mol. The van der Waals surface area contributed by atoms with E-state index in [9.17, 15) is 4.79 Å². The van der Waals surface area contributed by atoms with Crippen LogP contribution in [-0.2, 0) is 16.7 Å². The lowest BCUT2D eigenvalue weighted by molar-refractivity contribution is 0.0258. The molecule has 0 saturated carbocycles. The molecule has 4 nitrogen and oxygen atoms in total. The molecule has 0 radical (unpaired) electrons. The molecule has 21 heavy (non-hydrogen) atoms. The number of rotatable bonds is 1. The molecule has 0 spiro atoms. The molecule has 1 amide bonds. The van der Waals surface area contributed by atoms with Crippen LogP contribution in [0.5, 0.6) is 0 Å². The minimum absolute atomic E-state index is 0.0228. The van der Waals surface area contributed by atoms with Gasteiger partial charge in [0.2, 0.25) is 0 Å². The van der Waals surface area contributed by atoms with Crippen LogP contribution in [0, 0.1) is 0 Å². The summed E-state index contributed by atoms with van der Waals surface area (Å²) in [6.07, 6.45) is 2.13. The molecular weight excluding hydrogens is 264 g/mol. The fourth-order valence-corrected chi connectivity index (χ4v) is 2.68. The second-order valence-electron chi connectivity index (χ2n) is 7.96. The largest absolute Gasteiger partial charge is 0.378 e. The van der Waals surface area contributed by atoms with Gasteiger partial charge in [-0.15, -0.1) is 0 Å². The Balaban J connectivity index is 2.49. The van der Waals surface area contributed by atoms with Crippen LogP contribution in [0.1, 0.15) is 57.6 Å². The highest BCUT2D eigenvalue weighted by Gasteiger charge is 2.35. The molecule has 4 heteroatoms. The Hall–Kier alpha value is -1.29. The first-order chi connectivity index (χ1) is 9.54. The molecule has 0 aromatic carbocycles. The van der Waals surface area contributed by atoms with Crippen molar-refractivity contribution >= 4 is 5.91 Å². The van der Waals surface area contributed by atoms with Crippen LogP contribution in [0.4, 0.5) is 0 Å². The maximum Gasteiger partial charge on any atom is 0.271 e. The Kier molecular flexibility index (Phi) is 3.96. The molecule has 0 saturated heterocycles.